The maximum Gasteiger partial charge on any atom is 0.336 e. The zero-order chi connectivity index (χ0) is 19.3. The molecule has 1 aliphatic heterocycles. The number of nitrogens with zero attached hydrogens (tertiary/aromatic N) is 1. The van der Waals surface area contributed by atoms with Crippen molar-refractivity contribution in [3.63, 3.8) is 0 Å². The van der Waals surface area contributed by atoms with E-state index in [2.05, 4.69) is 4.90 Å². The van der Waals surface area contributed by atoms with Crippen LogP contribution in [0.5, 0.6) is 0 Å². The van der Waals surface area contributed by atoms with Gasteiger partial charge in [-0.15, -0.1) is 0 Å². The molecule has 1 aliphatic rings. The normalized spacial score (nSPS) is 14.0. The van der Waals surface area contributed by atoms with E-state index in [1.165, 1.54) is 12.1 Å². The third-order valence-corrected chi connectivity index (χ3v) is 6.16. The Balaban J connectivity index is 1.75. The number of aryl methyl sites for hydroxylation is 2. The maximum atomic E-state index is 12.1. The Morgan fingerprint density at radius 3 is 2.67 bits per heavy atom. The van der Waals surface area contributed by atoms with Crippen molar-refractivity contribution in [2.24, 2.45) is 5.14 Å². The lowest BCUT2D eigenvalue weighted by molar-refractivity contribution is 0.556. The highest BCUT2D eigenvalue weighted by atomic mass is 32.2. The second kappa shape index (κ2) is 6.21. The first-order chi connectivity index (χ1) is 12.7. The van der Waals surface area contributed by atoms with Crippen molar-refractivity contribution in [1.82, 2.24) is 0 Å². The van der Waals surface area contributed by atoms with Gasteiger partial charge in [0.25, 0.3) is 0 Å². The Kier molecular flexibility index (Phi) is 4.09. The Labute approximate surface area is 157 Å². The Morgan fingerprint density at radius 1 is 1.15 bits per heavy atom. The van der Waals surface area contributed by atoms with Crippen molar-refractivity contribution >= 4 is 26.7 Å². The minimum atomic E-state index is -3.72. The minimum Gasteiger partial charge on any atom is -0.422 e. The van der Waals surface area contributed by atoms with Crippen molar-refractivity contribution in [3.05, 3.63) is 69.1 Å². The molecule has 2 aromatic carbocycles. The van der Waals surface area contributed by atoms with Crippen LogP contribution in [0.1, 0.15) is 22.3 Å². The first kappa shape index (κ1) is 17.8. The first-order valence-electron chi connectivity index (χ1n) is 8.67. The van der Waals surface area contributed by atoms with Crippen molar-refractivity contribution in [1.29, 1.82) is 0 Å². The van der Waals surface area contributed by atoms with Crippen LogP contribution in [0, 0.1) is 13.8 Å². The average Bonchev–Trinajstić information content (AvgIpc) is 3.00. The Morgan fingerprint density at radius 2 is 1.93 bits per heavy atom. The number of nitrogens with two attached hydrogens (primary N) is 1. The fourth-order valence-electron chi connectivity index (χ4n) is 3.65. The number of primary sulfonamides is 1. The highest BCUT2D eigenvalue weighted by Gasteiger charge is 2.22. The predicted octanol–water partition coefficient (Wildman–Crippen LogP) is 2.62. The fourth-order valence-corrected chi connectivity index (χ4v) is 4.21. The van der Waals surface area contributed by atoms with Crippen LogP contribution in [0.15, 0.2) is 50.5 Å². The number of benzene rings is 2. The monoisotopic (exact) mass is 384 g/mol. The molecular weight excluding hydrogens is 364 g/mol. The van der Waals surface area contributed by atoms with Crippen molar-refractivity contribution in [2.45, 2.75) is 31.7 Å². The molecular formula is C20H20N2O4S. The molecule has 4 rings (SSSR count). The third-order valence-electron chi connectivity index (χ3n) is 5.25. The van der Waals surface area contributed by atoms with Gasteiger partial charge in [-0.1, -0.05) is 12.1 Å². The van der Waals surface area contributed by atoms with Crippen LogP contribution in [0.2, 0.25) is 0 Å². The molecule has 3 aromatic rings. The van der Waals surface area contributed by atoms with Crippen molar-refractivity contribution in [2.75, 3.05) is 11.4 Å². The summed E-state index contributed by atoms with van der Waals surface area (Å²) in [7, 11) is -3.72. The molecule has 0 atom stereocenters. The molecule has 0 bridgehead atoms. The van der Waals surface area contributed by atoms with E-state index in [-0.39, 0.29) is 10.5 Å². The standard InChI is InChI=1S/C20H20N2O4S/c1-12-3-5-17-15(10-19(23)26-20(17)13(12)2)11-22-8-7-14-9-16(27(21,24)25)4-6-18(14)22/h3-6,9-10H,7-8,11H2,1-2H3,(H2,21,24,25). The van der Waals surface area contributed by atoms with Gasteiger partial charge in [0.2, 0.25) is 10.0 Å². The molecule has 0 fully saturated rings. The summed E-state index contributed by atoms with van der Waals surface area (Å²) in [5.41, 5.74) is 5.11. The molecule has 27 heavy (non-hydrogen) atoms. The summed E-state index contributed by atoms with van der Waals surface area (Å²) >= 11 is 0. The summed E-state index contributed by atoms with van der Waals surface area (Å²) in [6.45, 7) is 5.23. The molecule has 2 N–H and O–H groups in total. The maximum absolute atomic E-state index is 12.1. The molecule has 0 spiro atoms. The Hall–Kier alpha value is -2.64. The van der Waals surface area contributed by atoms with Gasteiger partial charge in [0.1, 0.15) is 5.58 Å². The van der Waals surface area contributed by atoms with Crippen LogP contribution >= 0.6 is 0 Å². The van der Waals surface area contributed by atoms with Gasteiger partial charge < -0.3 is 9.32 Å². The van der Waals surface area contributed by atoms with E-state index in [9.17, 15) is 13.2 Å². The smallest absolute Gasteiger partial charge is 0.336 e. The molecule has 0 saturated carbocycles. The van der Waals surface area contributed by atoms with Crippen LogP contribution < -0.4 is 15.7 Å². The summed E-state index contributed by atoms with van der Waals surface area (Å²) in [5.74, 6) is 0. The lowest BCUT2D eigenvalue weighted by Crippen LogP contribution is -2.21. The SMILES string of the molecule is Cc1ccc2c(CN3CCc4cc(S(N)(=O)=O)ccc43)cc(=O)oc2c1C. The molecule has 6 nitrogen and oxygen atoms in total. The summed E-state index contributed by atoms with van der Waals surface area (Å²) in [5, 5.41) is 6.15. The molecule has 1 aromatic heterocycles. The van der Waals surface area contributed by atoms with E-state index < -0.39 is 10.0 Å². The second-order valence-corrected chi connectivity index (χ2v) is 8.54. The van der Waals surface area contributed by atoms with E-state index in [0.717, 1.165) is 46.3 Å². The molecule has 0 aliphatic carbocycles. The lowest BCUT2D eigenvalue weighted by atomic mass is 10.0. The predicted molar refractivity (Wildman–Crippen MR) is 105 cm³/mol. The van der Waals surface area contributed by atoms with Gasteiger partial charge in [0.05, 0.1) is 4.90 Å². The molecule has 0 radical (unpaired) electrons. The number of anilines is 1. The summed E-state index contributed by atoms with van der Waals surface area (Å²) in [4.78, 5) is 14.3. The number of fused-ring (bicyclic) bond motifs is 2. The largest absolute Gasteiger partial charge is 0.422 e. The van der Waals surface area contributed by atoms with Gasteiger partial charge in [-0.3, -0.25) is 0 Å². The van der Waals surface area contributed by atoms with Crippen LogP contribution in [0.25, 0.3) is 11.0 Å². The van der Waals surface area contributed by atoms with E-state index in [0.29, 0.717) is 12.1 Å². The first-order valence-corrected chi connectivity index (χ1v) is 10.2. The van der Waals surface area contributed by atoms with Gasteiger partial charge in [0, 0.05) is 30.2 Å². The van der Waals surface area contributed by atoms with Crippen molar-refractivity contribution in [3.8, 4) is 0 Å². The quantitative estimate of drug-likeness (QED) is 0.701. The zero-order valence-corrected chi connectivity index (χ0v) is 16.0. The number of sulfonamides is 1. The van der Waals surface area contributed by atoms with Gasteiger partial charge in [0.15, 0.2) is 0 Å². The van der Waals surface area contributed by atoms with E-state index in [1.807, 2.05) is 26.0 Å². The van der Waals surface area contributed by atoms with Crippen LogP contribution in [-0.2, 0) is 23.0 Å². The number of rotatable bonds is 3. The Bertz CT molecular complexity index is 1230. The molecule has 7 heteroatoms. The topological polar surface area (TPSA) is 93.6 Å². The lowest BCUT2D eigenvalue weighted by Gasteiger charge is -2.20. The number of hydrogen-bond acceptors (Lipinski definition) is 5. The van der Waals surface area contributed by atoms with Gasteiger partial charge in [-0.25, -0.2) is 18.4 Å². The van der Waals surface area contributed by atoms with E-state index in [4.69, 9.17) is 9.56 Å². The third kappa shape index (κ3) is 3.13. The highest BCUT2D eigenvalue weighted by molar-refractivity contribution is 7.89. The molecule has 0 unspecified atom stereocenters. The van der Waals surface area contributed by atoms with Gasteiger partial charge >= 0.3 is 5.63 Å². The highest BCUT2D eigenvalue weighted by Crippen LogP contribution is 2.32. The van der Waals surface area contributed by atoms with Crippen LogP contribution in [-0.4, -0.2) is 15.0 Å². The summed E-state index contributed by atoms with van der Waals surface area (Å²) < 4.78 is 28.6. The minimum absolute atomic E-state index is 0.125. The van der Waals surface area contributed by atoms with Gasteiger partial charge in [-0.2, -0.15) is 0 Å². The van der Waals surface area contributed by atoms with Crippen molar-refractivity contribution < 1.29 is 12.8 Å². The molecule has 2 heterocycles. The van der Waals surface area contributed by atoms with Gasteiger partial charge in [-0.05, 0) is 60.7 Å². The van der Waals surface area contributed by atoms with Crippen LogP contribution in [0.4, 0.5) is 5.69 Å². The molecule has 140 valence electrons. The second-order valence-electron chi connectivity index (χ2n) is 6.98. The average molecular weight is 384 g/mol. The molecule has 0 amide bonds. The van der Waals surface area contributed by atoms with E-state index in [1.54, 1.807) is 12.1 Å². The van der Waals surface area contributed by atoms with E-state index >= 15 is 0 Å². The summed E-state index contributed by atoms with van der Waals surface area (Å²) in [6.07, 6.45) is 0.732. The zero-order valence-electron chi connectivity index (χ0n) is 15.2. The number of hydrogen-bond donors (Lipinski definition) is 1. The summed E-state index contributed by atoms with van der Waals surface area (Å²) in [6, 6.07) is 10.5. The molecule has 0 saturated heterocycles. The fraction of sp³-hybridized carbons (Fsp3) is 0.250. The van der Waals surface area contributed by atoms with Crippen LogP contribution in [0.3, 0.4) is 0 Å².